The minimum atomic E-state index is -0.285. The minimum absolute atomic E-state index is 0.166. The minimum Gasteiger partial charge on any atom is -0.379 e. The monoisotopic (exact) mass is 177 g/mol. The number of carbonyl (C=O) groups excluding carboxylic acids is 1. The summed E-state index contributed by atoms with van der Waals surface area (Å²) in [6.45, 7) is 4.84. The van der Waals surface area contributed by atoms with E-state index >= 15 is 0 Å². The van der Waals surface area contributed by atoms with Crippen molar-refractivity contribution in [2.24, 2.45) is 0 Å². The molecule has 1 fully saturated rings. The lowest BCUT2D eigenvalue weighted by Crippen LogP contribution is -2.44. The van der Waals surface area contributed by atoms with Gasteiger partial charge in [0, 0.05) is 13.1 Å². The van der Waals surface area contributed by atoms with Crippen LogP contribution in [0.25, 0.3) is 0 Å². The third-order valence-electron chi connectivity index (χ3n) is 1.92. The number of carbonyl (C=O) groups is 1. The normalized spacial score (nSPS) is 23.1. The van der Waals surface area contributed by atoms with E-state index in [1.807, 2.05) is 11.8 Å². The summed E-state index contributed by atoms with van der Waals surface area (Å²) in [6, 6.07) is -0.166. The van der Waals surface area contributed by atoms with Gasteiger partial charge in [-0.05, 0) is 18.5 Å². The second kappa shape index (κ2) is 4.04. The van der Waals surface area contributed by atoms with Crippen molar-refractivity contribution in [1.82, 2.24) is 4.90 Å². The Hall–Kier alpha value is -0.120. The van der Waals surface area contributed by atoms with Crippen molar-refractivity contribution in [2.45, 2.75) is 13.0 Å². The zero-order chi connectivity index (χ0) is 8.27. The summed E-state index contributed by atoms with van der Waals surface area (Å²) in [5.74, 6) is 0. The van der Waals surface area contributed by atoms with Gasteiger partial charge in [0.1, 0.15) is 0 Å². The van der Waals surface area contributed by atoms with E-state index in [1.54, 1.807) is 0 Å². The van der Waals surface area contributed by atoms with Crippen molar-refractivity contribution < 1.29 is 9.53 Å². The van der Waals surface area contributed by atoms with Gasteiger partial charge in [0.05, 0.1) is 19.3 Å². The van der Waals surface area contributed by atoms with Crippen molar-refractivity contribution in [1.29, 1.82) is 0 Å². The van der Waals surface area contributed by atoms with E-state index in [9.17, 15) is 4.79 Å². The van der Waals surface area contributed by atoms with Crippen LogP contribution in [0.1, 0.15) is 6.92 Å². The van der Waals surface area contributed by atoms with Crippen LogP contribution in [0, 0.1) is 0 Å². The predicted molar refractivity (Wildman–Crippen MR) is 42.7 cm³/mol. The van der Waals surface area contributed by atoms with Gasteiger partial charge >= 0.3 is 0 Å². The topological polar surface area (TPSA) is 29.5 Å². The van der Waals surface area contributed by atoms with E-state index in [0.29, 0.717) is 13.2 Å². The average Bonchev–Trinajstić information content (AvgIpc) is 2.05. The molecule has 0 aromatic heterocycles. The number of hydrogen-bond acceptors (Lipinski definition) is 3. The van der Waals surface area contributed by atoms with Crippen LogP contribution in [-0.2, 0) is 9.53 Å². The predicted octanol–water partition coefficient (Wildman–Crippen LogP) is 0.472. The Morgan fingerprint density at radius 2 is 2.09 bits per heavy atom. The first-order chi connectivity index (χ1) is 5.22. The summed E-state index contributed by atoms with van der Waals surface area (Å²) in [7, 11) is 0. The van der Waals surface area contributed by atoms with Crippen LogP contribution in [0.2, 0.25) is 0 Å². The van der Waals surface area contributed by atoms with Gasteiger partial charge in [0.15, 0.2) is 0 Å². The van der Waals surface area contributed by atoms with Gasteiger partial charge in [0.25, 0.3) is 0 Å². The highest BCUT2D eigenvalue weighted by atomic mass is 35.5. The number of halogens is 1. The van der Waals surface area contributed by atoms with Crippen LogP contribution in [0.15, 0.2) is 0 Å². The van der Waals surface area contributed by atoms with Gasteiger partial charge in [-0.25, -0.2) is 0 Å². The third kappa shape index (κ3) is 2.43. The molecule has 1 atom stereocenters. The largest absolute Gasteiger partial charge is 0.379 e. The summed E-state index contributed by atoms with van der Waals surface area (Å²) < 4.78 is 5.13. The molecule has 0 amide bonds. The highest BCUT2D eigenvalue weighted by Gasteiger charge is 2.20. The molecule has 0 aromatic carbocycles. The number of ether oxygens (including phenoxy) is 1. The maximum Gasteiger partial charge on any atom is 0.238 e. The quantitative estimate of drug-likeness (QED) is 0.575. The van der Waals surface area contributed by atoms with Crippen LogP contribution in [0.3, 0.4) is 0 Å². The molecule has 4 heteroatoms. The smallest absolute Gasteiger partial charge is 0.238 e. The summed E-state index contributed by atoms with van der Waals surface area (Å²) >= 11 is 5.34. The summed E-state index contributed by atoms with van der Waals surface area (Å²) in [5.41, 5.74) is 0. The van der Waals surface area contributed by atoms with Crippen molar-refractivity contribution in [3.8, 4) is 0 Å². The van der Waals surface area contributed by atoms with Gasteiger partial charge in [0.2, 0.25) is 5.24 Å². The fraction of sp³-hybridized carbons (Fsp3) is 0.857. The molecule has 1 unspecified atom stereocenters. The number of rotatable bonds is 2. The first kappa shape index (κ1) is 8.97. The summed E-state index contributed by atoms with van der Waals surface area (Å²) in [5, 5.41) is -0.285. The number of morpholine rings is 1. The van der Waals surface area contributed by atoms with E-state index in [-0.39, 0.29) is 11.3 Å². The molecule has 0 saturated carbocycles. The van der Waals surface area contributed by atoms with E-state index in [1.165, 1.54) is 0 Å². The fourth-order valence-corrected chi connectivity index (χ4v) is 1.25. The lowest BCUT2D eigenvalue weighted by Gasteiger charge is -2.29. The van der Waals surface area contributed by atoms with E-state index in [4.69, 9.17) is 16.3 Å². The van der Waals surface area contributed by atoms with Crippen molar-refractivity contribution in [3.63, 3.8) is 0 Å². The van der Waals surface area contributed by atoms with Gasteiger partial charge < -0.3 is 4.74 Å². The lowest BCUT2D eigenvalue weighted by molar-refractivity contribution is -0.117. The second-order valence-corrected chi connectivity index (χ2v) is 3.00. The molecule has 1 saturated heterocycles. The molecule has 0 aliphatic carbocycles. The maximum atomic E-state index is 10.7. The first-order valence-electron chi connectivity index (χ1n) is 3.73. The van der Waals surface area contributed by atoms with Crippen LogP contribution in [0.4, 0.5) is 0 Å². The highest BCUT2D eigenvalue weighted by Crippen LogP contribution is 2.05. The Labute approximate surface area is 71.3 Å². The van der Waals surface area contributed by atoms with Crippen LogP contribution in [0.5, 0.6) is 0 Å². The van der Waals surface area contributed by atoms with E-state index in [2.05, 4.69) is 0 Å². The Bertz CT molecular complexity index is 145. The molecular formula is C7H12ClNO2. The third-order valence-corrected chi connectivity index (χ3v) is 2.24. The van der Waals surface area contributed by atoms with Crippen molar-refractivity contribution >= 4 is 16.8 Å². The van der Waals surface area contributed by atoms with Gasteiger partial charge in [-0.3, -0.25) is 9.69 Å². The molecule has 0 N–H and O–H groups in total. The first-order valence-corrected chi connectivity index (χ1v) is 4.11. The van der Waals surface area contributed by atoms with Crippen molar-refractivity contribution in [3.05, 3.63) is 0 Å². The summed E-state index contributed by atoms with van der Waals surface area (Å²) in [6.07, 6.45) is 0. The molecule has 1 heterocycles. The Kier molecular flexibility index (Phi) is 3.30. The van der Waals surface area contributed by atoms with E-state index < -0.39 is 0 Å². The highest BCUT2D eigenvalue weighted by molar-refractivity contribution is 6.64. The molecule has 0 aromatic rings. The summed E-state index contributed by atoms with van der Waals surface area (Å²) in [4.78, 5) is 12.8. The molecule has 11 heavy (non-hydrogen) atoms. The molecular weight excluding hydrogens is 166 g/mol. The SMILES string of the molecule is CC(C(=O)Cl)N1CCOCC1. The molecule has 0 bridgehead atoms. The van der Waals surface area contributed by atoms with Gasteiger partial charge in [-0.1, -0.05) is 0 Å². The van der Waals surface area contributed by atoms with Gasteiger partial charge in [-0.2, -0.15) is 0 Å². The van der Waals surface area contributed by atoms with Crippen molar-refractivity contribution in [2.75, 3.05) is 26.3 Å². The zero-order valence-corrected chi connectivity index (χ0v) is 7.30. The molecule has 64 valence electrons. The average molecular weight is 178 g/mol. The van der Waals surface area contributed by atoms with E-state index in [0.717, 1.165) is 13.1 Å². The Morgan fingerprint density at radius 3 is 2.55 bits per heavy atom. The number of nitrogens with zero attached hydrogens (tertiary/aromatic N) is 1. The fourth-order valence-electron chi connectivity index (χ4n) is 1.11. The maximum absolute atomic E-state index is 10.7. The Morgan fingerprint density at radius 1 is 1.55 bits per heavy atom. The molecule has 0 radical (unpaired) electrons. The molecule has 0 spiro atoms. The lowest BCUT2D eigenvalue weighted by atomic mass is 10.3. The Balaban J connectivity index is 2.38. The molecule has 1 aliphatic heterocycles. The van der Waals surface area contributed by atoms with Crippen LogP contribution < -0.4 is 0 Å². The van der Waals surface area contributed by atoms with Crippen LogP contribution in [-0.4, -0.2) is 42.5 Å². The van der Waals surface area contributed by atoms with Crippen LogP contribution >= 0.6 is 11.6 Å². The standard InChI is InChI=1S/C7H12ClNO2/c1-6(7(8)10)9-2-4-11-5-3-9/h6H,2-5H2,1H3. The molecule has 1 aliphatic rings. The van der Waals surface area contributed by atoms with Gasteiger partial charge in [-0.15, -0.1) is 0 Å². The zero-order valence-electron chi connectivity index (χ0n) is 6.55. The number of hydrogen-bond donors (Lipinski definition) is 0. The molecule has 1 rings (SSSR count). The second-order valence-electron chi connectivity index (χ2n) is 2.63. The molecule has 3 nitrogen and oxygen atoms in total.